The Morgan fingerprint density at radius 3 is 2.56 bits per heavy atom. The second-order valence-corrected chi connectivity index (χ2v) is 4.01. The molecule has 0 radical (unpaired) electrons. The highest BCUT2D eigenvalue weighted by molar-refractivity contribution is 5.89. The Bertz CT molecular complexity index is 438. The lowest BCUT2D eigenvalue weighted by Gasteiger charge is -2.14. The monoisotopic (exact) mass is 260 g/mol. The van der Waals surface area contributed by atoms with Crippen LogP contribution in [-0.4, -0.2) is 12.1 Å². The van der Waals surface area contributed by atoms with Crippen molar-refractivity contribution in [3.05, 3.63) is 29.6 Å². The molecule has 0 aliphatic heterocycles. The van der Waals surface area contributed by atoms with Gasteiger partial charge in [0.15, 0.2) is 17.5 Å². The predicted molar refractivity (Wildman–Crippen MR) is 62.8 cm³/mol. The van der Waals surface area contributed by atoms with Crippen LogP contribution >= 0.6 is 0 Å². The van der Waals surface area contributed by atoms with E-state index < -0.39 is 29.2 Å². The van der Waals surface area contributed by atoms with Crippen LogP contribution in [-0.2, 0) is 0 Å². The molecule has 1 unspecified atom stereocenters. The molecule has 1 aromatic rings. The smallest absolute Gasteiger partial charge is 0.319 e. The van der Waals surface area contributed by atoms with Crippen molar-refractivity contribution < 1.29 is 18.0 Å². The fraction of sp³-hybridized carbons (Fsp3) is 0.417. The van der Waals surface area contributed by atoms with Crippen LogP contribution in [0, 0.1) is 17.5 Å². The van der Waals surface area contributed by atoms with Crippen molar-refractivity contribution in [1.82, 2.24) is 5.32 Å². The molecule has 0 bridgehead atoms. The van der Waals surface area contributed by atoms with Gasteiger partial charge in [-0.15, -0.1) is 0 Å². The van der Waals surface area contributed by atoms with E-state index in [2.05, 4.69) is 10.6 Å². The Morgan fingerprint density at radius 2 is 1.94 bits per heavy atom. The largest absolute Gasteiger partial charge is 0.335 e. The first-order valence-electron chi connectivity index (χ1n) is 5.66. The van der Waals surface area contributed by atoms with Crippen molar-refractivity contribution in [2.45, 2.75) is 32.7 Å². The van der Waals surface area contributed by atoms with Gasteiger partial charge in [0.2, 0.25) is 0 Å². The minimum atomic E-state index is -1.60. The van der Waals surface area contributed by atoms with E-state index in [1.807, 2.05) is 6.92 Å². The molecule has 2 amide bonds. The highest BCUT2D eigenvalue weighted by Gasteiger charge is 2.15. The molecule has 3 nitrogen and oxygen atoms in total. The second-order valence-electron chi connectivity index (χ2n) is 4.01. The lowest BCUT2D eigenvalue weighted by Crippen LogP contribution is -2.36. The summed E-state index contributed by atoms with van der Waals surface area (Å²) in [5.41, 5.74) is -0.393. The Morgan fingerprint density at radius 1 is 1.28 bits per heavy atom. The summed E-state index contributed by atoms with van der Waals surface area (Å²) in [6, 6.07) is 0.991. The zero-order chi connectivity index (χ0) is 13.7. The number of benzene rings is 1. The van der Waals surface area contributed by atoms with Crippen LogP contribution in [0.5, 0.6) is 0 Å². The van der Waals surface area contributed by atoms with Crippen molar-refractivity contribution in [2.24, 2.45) is 0 Å². The third-order valence-electron chi connectivity index (χ3n) is 2.38. The molecule has 1 aromatic carbocycles. The van der Waals surface area contributed by atoms with Crippen molar-refractivity contribution >= 4 is 11.7 Å². The number of rotatable bonds is 4. The average molecular weight is 260 g/mol. The third-order valence-corrected chi connectivity index (χ3v) is 2.38. The standard InChI is InChI=1S/C12H15F3N2O/c1-3-4-7(2)16-12(18)17-9-6-5-8(13)10(14)11(9)15/h5-7H,3-4H2,1-2H3,(H2,16,17,18). The topological polar surface area (TPSA) is 41.1 Å². The van der Waals surface area contributed by atoms with Crippen molar-refractivity contribution in [2.75, 3.05) is 5.32 Å². The van der Waals surface area contributed by atoms with Gasteiger partial charge in [0, 0.05) is 6.04 Å². The van der Waals surface area contributed by atoms with Crippen LogP contribution in [0.1, 0.15) is 26.7 Å². The maximum atomic E-state index is 13.3. The molecule has 0 aliphatic carbocycles. The molecule has 0 aromatic heterocycles. The fourth-order valence-corrected chi connectivity index (χ4v) is 1.51. The van der Waals surface area contributed by atoms with E-state index >= 15 is 0 Å². The number of urea groups is 1. The first-order chi connectivity index (χ1) is 8.45. The number of carbonyl (C=O) groups excluding carboxylic acids is 1. The molecule has 0 spiro atoms. The quantitative estimate of drug-likeness (QED) is 0.800. The van der Waals surface area contributed by atoms with Gasteiger partial charge in [-0.2, -0.15) is 0 Å². The number of hydrogen-bond acceptors (Lipinski definition) is 1. The van der Waals surface area contributed by atoms with Crippen LogP contribution < -0.4 is 10.6 Å². The first-order valence-corrected chi connectivity index (χ1v) is 5.66. The van der Waals surface area contributed by atoms with Crippen LogP contribution in [0.2, 0.25) is 0 Å². The van der Waals surface area contributed by atoms with Gasteiger partial charge in [-0.25, -0.2) is 18.0 Å². The molecule has 0 heterocycles. The van der Waals surface area contributed by atoms with E-state index in [0.29, 0.717) is 0 Å². The molecule has 1 atom stereocenters. The summed E-state index contributed by atoms with van der Waals surface area (Å²) in [4.78, 5) is 11.4. The number of nitrogens with one attached hydrogen (secondary N) is 2. The van der Waals surface area contributed by atoms with E-state index in [0.717, 1.165) is 25.0 Å². The lowest BCUT2D eigenvalue weighted by molar-refractivity contribution is 0.248. The number of anilines is 1. The SMILES string of the molecule is CCCC(C)NC(=O)Nc1ccc(F)c(F)c1F. The number of carbonyl (C=O) groups is 1. The lowest BCUT2D eigenvalue weighted by atomic mass is 10.2. The Kier molecular flexibility index (Phi) is 5.00. The first kappa shape index (κ1) is 14.3. The van der Waals surface area contributed by atoms with E-state index in [9.17, 15) is 18.0 Å². The molecule has 0 saturated heterocycles. The predicted octanol–water partition coefficient (Wildman–Crippen LogP) is 3.41. The van der Waals surface area contributed by atoms with Crippen molar-refractivity contribution in [3.63, 3.8) is 0 Å². The summed E-state index contributed by atoms with van der Waals surface area (Å²) in [5.74, 6) is -4.31. The molecule has 0 saturated carbocycles. The summed E-state index contributed by atoms with van der Waals surface area (Å²) in [7, 11) is 0. The van der Waals surface area contributed by atoms with Crippen LogP contribution in [0.25, 0.3) is 0 Å². The maximum Gasteiger partial charge on any atom is 0.319 e. The van der Waals surface area contributed by atoms with Crippen molar-refractivity contribution in [3.8, 4) is 0 Å². The van der Waals surface area contributed by atoms with E-state index in [1.165, 1.54) is 0 Å². The average Bonchev–Trinajstić information content (AvgIpc) is 2.30. The Hall–Kier alpha value is -1.72. The number of halogens is 3. The van der Waals surface area contributed by atoms with Gasteiger partial charge in [0.1, 0.15) is 0 Å². The fourth-order valence-electron chi connectivity index (χ4n) is 1.51. The van der Waals surface area contributed by atoms with Crippen LogP contribution in [0.15, 0.2) is 12.1 Å². The molecule has 2 N–H and O–H groups in total. The van der Waals surface area contributed by atoms with Gasteiger partial charge in [0.25, 0.3) is 0 Å². The van der Waals surface area contributed by atoms with E-state index in [-0.39, 0.29) is 6.04 Å². The molecule has 0 fully saturated rings. The van der Waals surface area contributed by atoms with Crippen LogP contribution in [0.4, 0.5) is 23.7 Å². The molecule has 0 aliphatic rings. The Labute approximate surface area is 103 Å². The summed E-state index contributed by atoms with van der Waals surface area (Å²) >= 11 is 0. The van der Waals surface area contributed by atoms with Gasteiger partial charge >= 0.3 is 6.03 Å². The summed E-state index contributed by atoms with van der Waals surface area (Å²) in [6.45, 7) is 3.76. The van der Waals surface area contributed by atoms with E-state index in [1.54, 1.807) is 6.92 Å². The number of amides is 2. The van der Waals surface area contributed by atoms with Gasteiger partial charge < -0.3 is 10.6 Å². The number of hydrogen-bond donors (Lipinski definition) is 2. The molecule has 18 heavy (non-hydrogen) atoms. The van der Waals surface area contributed by atoms with Crippen molar-refractivity contribution in [1.29, 1.82) is 0 Å². The van der Waals surface area contributed by atoms with E-state index in [4.69, 9.17) is 0 Å². The zero-order valence-electron chi connectivity index (χ0n) is 10.2. The minimum Gasteiger partial charge on any atom is -0.335 e. The van der Waals surface area contributed by atoms with Crippen LogP contribution in [0.3, 0.4) is 0 Å². The highest BCUT2D eigenvalue weighted by Crippen LogP contribution is 2.19. The molecule has 1 rings (SSSR count). The highest BCUT2D eigenvalue weighted by atomic mass is 19.2. The molecular weight excluding hydrogens is 245 g/mol. The normalized spacial score (nSPS) is 12.1. The van der Waals surface area contributed by atoms with Gasteiger partial charge in [-0.3, -0.25) is 0 Å². The molecule has 100 valence electrons. The Balaban J connectivity index is 2.68. The van der Waals surface area contributed by atoms with Gasteiger partial charge in [-0.05, 0) is 25.5 Å². The summed E-state index contributed by atoms with van der Waals surface area (Å²) in [5, 5.41) is 4.69. The van der Waals surface area contributed by atoms with Gasteiger partial charge in [0.05, 0.1) is 5.69 Å². The van der Waals surface area contributed by atoms with Gasteiger partial charge in [-0.1, -0.05) is 13.3 Å². The third kappa shape index (κ3) is 3.65. The summed E-state index contributed by atoms with van der Waals surface area (Å²) in [6.07, 6.45) is 1.66. The second kappa shape index (κ2) is 6.28. The molecule has 6 heteroatoms. The summed E-state index contributed by atoms with van der Waals surface area (Å²) < 4.78 is 38.8. The molecular formula is C12H15F3N2O. The zero-order valence-corrected chi connectivity index (χ0v) is 10.2. The minimum absolute atomic E-state index is 0.0802. The maximum absolute atomic E-state index is 13.3.